The summed E-state index contributed by atoms with van der Waals surface area (Å²) in [6.45, 7) is 4.42. The monoisotopic (exact) mass is 336 g/mol. The molecule has 0 aliphatic carbocycles. The molecule has 26 heavy (non-hydrogen) atoms. The average molecular weight is 336 g/mol. The van der Waals surface area contributed by atoms with Gasteiger partial charge in [0.2, 0.25) is 0 Å². The van der Waals surface area contributed by atoms with Crippen molar-refractivity contribution in [2.75, 3.05) is 0 Å². The Balaban J connectivity index is 1.67. The fraction of sp³-hybridized carbons (Fsp3) is 0.120. The summed E-state index contributed by atoms with van der Waals surface area (Å²) >= 11 is 0. The van der Waals surface area contributed by atoms with Crippen molar-refractivity contribution in [3.05, 3.63) is 84.4 Å². The molecule has 0 aliphatic heterocycles. The summed E-state index contributed by atoms with van der Waals surface area (Å²) < 4.78 is 6.19. The molecule has 5 rings (SSSR count). The molecule has 0 N–H and O–H groups in total. The van der Waals surface area contributed by atoms with Crippen molar-refractivity contribution >= 4 is 32.7 Å². The molecule has 0 saturated heterocycles. The fourth-order valence-corrected chi connectivity index (χ4v) is 3.70. The zero-order valence-corrected chi connectivity index (χ0v) is 15.0. The highest BCUT2D eigenvalue weighted by atomic mass is 16.3. The topological polar surface area (TPSA) is 13.1 Å². The molecule has 0 aliphatic rings. The number of furan rings is 1. The van der Waals surface area contributed by atoms with E-state index in [1.54, 1.807) is 0 Å². The van der Waals surface area contributed by atoms with Gasteiger partial charge < -0.3 is 4.42 Å². The second-order valence-corrected chi connectivity index (χ2v) is 7.29. The highest BCUT2D eigenvalue weighted by Crippen LogP contribution is 2.34. The Bertz CT molecular complexity index is 1260. The minimum absolute atomic E-state index is 0.501. The zero-order valence-electron chi connectivity index (χ0n) is 15.0. The molecule has 0 saturated carbocycles. The zero-order chi connectivity index (χ0) is 17.7. The van der Waals surface area contributed by atoms with Gasteiger partial charge in [-0.2, -0.15) is 0 Å². The lowest BCUT2D eigenvalue weighted by atomic mass is 9.99. The van der Waals surface area contributed by atoms with E-state index in [0.717, 1.165) is 11.2 Å². The van der Waals surface area contributed by atoms with Crippen molar-refractivity contribution in [3.8, 4) is 11.1 Å². The van der Waals surface area contributed by atoms with Gasteiger partial charge in [0, 0.05) is 10.8 Å². The number of rotatable bonds is 2. The molecular weight excluding hydrogens is 316 g/mol. The molecule has 4 aromatic carbocycles. The van der Waals surface area contributed by atoms with Crippen LogP contribution in [0, 0.1) is 0 Å². The molecule has 0 atom stereocenters. The van der Waals surface area contributed by atoms with Gasteiger partial charge in [0.1, 0.15) is 11.2 Å². The van der Waals surface area contributed by atoms with E-state index in [-0.39, 0.29) is 0 Å². The van der Waals surface area contributed by atoms with E-state index in [9.17, 15) is 0 Å². The van der Waals surface area contributed by atoms with Gasteiger partial charge in [-0.05, 0) is 57.6 Å². The lowest BCUT2D eigenvalue weighted by Crippen LogP contribution is -1.85. The first kappa shape index (κ1) is 15.2. The molecular formula is C25H20O. The number of hydrogen-bond acceptors (Lipinski definition) is 1. The quantitative estimate of drug-likeness (QED) is 0.325. The highest BCUT2D eigenvalue weighted by Gasteiger charge is 2.10. The standard InChI is InChI=1S/C25H20O/c1-16(2)18-9-11-22-23-12-10-21(15-25(23)26-24(22)14-18)20-8-7-17-5-3-4-6-19(17)13-20/h3-16H,1-2H3. The molecule has 1 nitrogen and oxygen atoms in total. The lowest BCUT2D eigenvalue weighted by Gasteiger charge is -2.04. The minimum atomic E-state index is 0.501. The normalized spacial score (nSPS) is 11.8. The summed E-state index contributed by atoms with van der Waals surface area (Å²) in [5, 5.41) is 4.90. The van der Waals surface area contributed by atoms with Crippen LogP contribution in [0.15, 0.2) is 83.3 Å². The van der Waals surface area contributed by atoms with Gasteiger partial charge in [-0.1, -0.05) is 68.4 Å². The van der Waals surface area contributed by atoms with E-state index in [2.05, 4.69) is 92.7 Å². The summed E-state index contributed by atoms with van der Waals surface area (Å²) in [4.78, 5) is 0. The van der Waals surface area contributed by atoms with Crippen molar-refractivity contribution < 1.29 is 4.42 Å². The molecule has 1 heteroatoms. The van der Waals surface area contributed by atoms with Gasteiger partial charge in [-0.25, -0.2) is 0 Å². The van der Waals surface area contributed by atoms with Gasteiger partial charge in [0.15, 0.2) is 0 Å². The molecule has 1 heterocycles. The minimum Gasteiger partial charge on any atom is -0.456 e. The van der Waals surface area contributed by atoms with Crippen LogP contribution in [0.3, 0.4) is 0 Å². The van der Waals surface area contributed by atoms with Crippen LogP contribution in [-0.4, -0.2) is 0 Å². The largest absolute Gasteiger partial charge is 0.456 e. The third kappa shape index (κ3) is 2.40. The van der Waals surface area contributed by atoms with Crippen LogP contribution in [-0.2, 0) is 0 Å². The molecule has 1 aromatic heterocycles. The van der Waals surface area contributed by atoms with Crippen molar-refractivity contribution in [3.63, 3.8) is 0 Å². The SMILES string of the molecule is CC(C)c1ccc2c(c1)oc1cc(-c3ccc4ccccc4c3)ccc12. The maximum atomic E-state index is 6.19. The molecule has 0 fully saturated rings. The van der Waals surface area contributed by atoms with Gasteiger partial charge in [0.05, 0.1) is 0 Å². The predicted molar refractivity (Wildman–Crippen MR) is 111 cm³/mol. The predicted octanol–water partition coefficient (Wildman–Crippen LogP) is 7.53. The Morgan fingerprint density at radius 2 is 1.27 bits per heavy atom. The summed E-state index contributed by atoms with van der Waals surface area (Å²) in [6.07, 6.45) is 0. The summed E-state index contributed by atoms with van der Waals surface area (Å²) in [5.74, 6) is 0.501. The second kappa shape index (κ2) is 5.74. The van der Waals surface area contributed by atoms with Crippen LogP contribution in [0.25, 0.3) is 43.8 Å². The maximum absolute atomic E-state index is 6.19. The summed E-state index contributed by atoms with van der Waals surface area (Å²) in [6, 6.07) is 28.2. The van der Waals surface area contributed by atoms with E-state index in [1.807, 2.05) is 0 Å². The number of fused-ring (bicyclic) bond motifs is 4. The first-order valence-corrected chi connectivity index (χ1v) is 9.14. The van der Waals surface area contributed by atoms with E-state index >= 15 is 0 Å². The van der Waals surface area contributed by atoms with Crippen LogP contribution in [0.5, 0.6) is 0 Å². The summed E-state index contributed by atoms with van der Waals surface area (Å²) in [7, 11) is 0. The Morgan fingerprint density at radius 3 is 2.08 bits per heavy atom. The summed E-state index contributed by atoms with van der Waals surface area (Å²) in [5.41, 5.74) is 5.64. The molecule has 0 unspecified atom stereocenters. The van der Waals surface area contributed by atoms with Gasteiger partial charge in [-0.15, -0.1) is 0 Å². The first-order valence-electron chi connectivity index (χ1n) is 9.14. The molecule has 0 radical (unpaired) electrons. The van der Waals surface area contributed by atoms with Crippen LogP contribution in [0.4, 0.5) is 0 Å². The van der Waals surface area contributed by atoms with Crippen molar-refractivity contribution in [1.29, 1.82) is 0 Å². The highest BCUT2D eigenvalue weighted by molar-refractivity contribution is 6.06. The Labute approximate surface area is 152 Å². The molecule has 0 spiro atoms. The second-order valence-electron chi connectivity index (χ2n) is 7.29. The first-order chi connectivity index (χ1) is 12.7. The van der Waals surface area contributed by atoms with Crippen molar-refractivity contribution in [2.24, 2.45) is 0 Å². The smallest absolute Gasteiger partial charge is 0.136 e. The third-order valence-corrected chi connectivity index (χ3v) is 5.25. The number of benzene rings is 4. The van der Waals surface area contributed by atoms with Crippen LogP contribution < -0.4 is 0 Å². The van der Waals surface area contributed by atoms with E-state index < -0.39 is 0 Å². The van der Waals surface area contributed by atoms with E-state index in [4.69, 9.17) is 4.42 Å². The molecule has 5 aromatic rings. The van der Waals surface area contributed by atoms with E-state index in [1.165, 1.54) is 38.2 Å². The fourth-order valence-electron chi connectivity index (χ4n) is 3.70. The van der Waals surface area contributed by atoms with Crippen molar-refractivity contribution in [1.82, 2.24) is 0 Å². The molecule has 126 valence electrons. The third-order valence-electron chi connectivity index (χ3n) is 5.25. The number of hydrogen-bond donors (Lipinski definition) is 0. The molecule has 0 amide bonds. The maximum Gasteiger partial charge on any atom is 0.136 e. The molecule has 0 bridgehead atoms. The van der Waals surface area contributed by atoms with Gasteiger partial charge >= 0.3 is 0 Å². The van der Waals surface area contributed by atoms with Crippen LogP contribution in [0.1, 0.15) is 25.3 Å². The Hall–Kier alpha value is -3.06. The Morgan fingerprint density at radius 1 is 0.615 bits per heavy atom. The lowest BCUT2D eigenvalue weighted by molar-refractivity contribution is 0.667. The van der Waals surface area contributed by atoms with Crippen molar-refractivity contribution in [2.45, 2.75) is 19.8 Å². The van der Waals surface area contributed by atoms with Gasteiger partial charge in [-0.3, -0.25) is 0 Å². The average Bonchev–Trinajstić information content (AvgIpc) is 3.04. The van der Waals surface area contributed by atoms with Crippen LogP contribution >= 0.6 is 0 Å². The van der Waals surface area contributed by atoms with E-state index in [0.29, 0.717) is 5.92 Å². The van der Waals surface area contributed by atoms with Crippen LogP contribution in [0.2, 0.25) is 0 Å². The van der Waals surface area contributed by atoms with Gasteiger partial charge in [0.25, 0.3) is 0 Å². The Kier molecular flexibility index (Phi) is 3.36.